The zero-order valence-electron chi connectivity index (χ0n) is 38.0. The van der Waals surface area contributed by atoms with Crippen molar-refractivity contribution in [3.8, 4) is 34.4 Å². The average Bonchev–Trinajstić information content (AvgIpc) is 3.99. The lowest BCUT2D eigenvalue weighted by atomic mass is 9.89. The molecule has 3 N–H and O–H groups in total. The molecular formula is C51H49BN14O3. The minimum atomic E-state index is -0.662. The molecular weight excluding hydrogens is 867 g/mol. The zero-order valence-corrected chi connectivity index (χ0v) is 38.0. The molecule has 0 spiro atoms. The number of hydrogen-bond donors (Lipinski definition) is 3. The fourth-order valence-corrected chi connectivity index (χ4v) is 8.62. The largest absolute Gasteiger partial charge is 0.433 e. The summed E-state index contributed by atoms with van der Waals surface area (Å²) in [6.07, 6.45) is 8.75. The van der Waals surface area contributed by atoms with Crippen molar-refractivity contribution in [2.45, 2.75) is 13.4 Å². The third-order valence-electron chi connectivity index (χ3n) is 12.0. The van der Waals surface area contributed by atoms with Crippen molar-refractivity contribution < 1.29 is 14.6 Å². The number of carbonyl (C=O) groups is 2. The molecule has 0 bridgehead atoms. The second kappa shape index (κ2) is 20.4. The van der Waals surface area contributed by atoms with E-state index in [-0.39, 0.29) is 11.8 Å². The molecule has 2 saturated heterocycles. The first-order chi connectivity index (χ1) is 33.9. The van der Waals surface area contributed by atoms with E-state index in [9.17, 15) is 14.6 Å². The maximum Gasteiger partial charge on any atom is 0.408 e. The Kier molecular flexibility index (Phi) is 13.2. The Bertz CT molecular complexity index is 3190. The van der Waals surface area contributed by atoms with Gasteiger partial charge in [-0.3, -0.25) is 33.6 Å². The van der Waals surface area contributed by atoms with E-state index in [0.717, 1.165) is 102 Å². The van der Waals surface area contributed by atoms with Crippen LogP contribution < -0.4 is 10.5 Å². The lowest BCUT2D eigenvalue weighted by Gasteiger charge is -2.34. The van der Waals surface area contributed by atoms with Gasteiger partial charge in [-0.2, -0.15) is 0 Å². The van der Waals surface area contributed by atoms with Gasteiger partial charge < -0.3 is 25.4 Å². The molecule has 0 aliphatic carbocycles. The molecule has 0 saturated carbocycles. The van der Waals surface area contributed by atoms with Crippen molar-refractivity contribution in [2.75, 3.05) is 57.6 Å². The highest BCUT2D eigenvalue weighted by atomic mass is 16.2. The highest BCUT2D eigenvalue weighted by Crippen LogP contribution is 2.28. The number of rotatable bonds is 10. The molecule has 2 fully saturated rings. The summed E-state index contributed by atoms with van der Waals surface area (Å²) in [5, 5.41) is 15.7. The minimum absolute atomic E-state index is 0.0251. The summed E-state index contributed by atoms with van der Waals surface area (Å²) in [4.78, 5) is 64.0. The van der Waals surface area contributed by atoms with Gasteiger partial charge in [0.15, 0.2) is 22.9 Å². The van der Waals surface area contributed by atoms with Gasteiger partial charge in [-0.1, -0.05) is 12.1 Å². The van der Waals surface area contributed by atoms with Crippen LogP contribution in [0.4, 0.5) is 5.82 Å². The van der Waals surface area contributed by atoms with Crippen molar-refractivity contribution in [3.63, 3.8) is 0 Å². The van der Waals surface area contributed by atoms with E-state index in [0.29, 0.717) is 35.9 Å². The second-order valence-electron chi connectivity index (χ2n) is 16.7. The van der Waals surface area contributed by atoms with E-state index in [1.165, 1.54) is 0 Å². The average molecular weight is 917 g/mol. The molecule has 0 radical (unpaired) electrons. The fourth-order valence-electron chi connectivity index (χ4n) is 8.62. The highest BCUT2D eigenvalue weighted by molar-refractivity contribution is 6.52. The molecule has 11 rings (SSSR count). The van der Waals surface area contributed by atoms with Crippen LogP contribution in [-0.2, 0) is 6.54 Å². The number of nitrogens with zero attached hydrogens (tertiary/aromatic N) is 12. The van der Waals surface area contributed by atoms with Gasteiger partial charge in [0.1, 0.15) is 28.2 Å². The highest BCUT2D eigenvalue weighted by Gasteiger charge is 2.24. The van der Waals surface area contributed by atoms with Crippen molar-refractivity contribution in [2.24, 2.45) is 0 Å². The standard InChI is InChI=1S/C29H29BN8O2.C22H20N6O/c1-30(40)35-26-19-21(11-14-32-26)20-36-15-17-37(18-16-36)29(39)22-7-9-23(10-8-22)38-27-25(6-4-13-33-27)34-28(38)24-5-2-3-12-31-24;29-22(27-14-12-23-13-15-27)16-6-8-17(9-7-16)28-20-19(5-3-11-25-20)26-21(28)18-4-1-2-10-24-18/h2-14,19,40H,15-18,20H2,1H3,(H,32,35);1-11,23H,12-15H2. The number of piperazine rings is 2. The van der Waals surface area contributed by atoms with Gasteiger partial charge in [0.25, 0.3) is 11.8 Å². The van der Waals surface area contributed by atoms with E-state index in [1.807, 2.05) is 140 Å². The van der Waals surface area contributed by atoms with Crippen LogP contribution in [0.2, 0.25) is 6.82 Å². The zero-order chi connectivity index (χ0) is 47.1. The number of aromatic nitrogens is 9. The molecule has 9 heterocycles. The summed E-state index contributed by atoms with van der Waals surface area (Å²) < 4.78 is 3.96. The molecule has 2 aromatic carbocycles. The van der Waals surface area contributed by atoms with E-state index < -0.39 is 7.05 Å². The maximum atomic E-state index is 13.3. The van der Waals surface area contributed by atoms with Gasteiger partial charge in [0, 0.05) is 112 Å². The molecule has 2 aliphatic rings. The molecule has 7 aromatic heterocycles. The van der Waals surface area contributed by atoms with Crippen molar-refractivity contribution >= 4 is 47.0 Å². The van der Waals surface area contributed by atoms with Crippen LogP contribution in [0.15, 0.2) is 152 Å². The summed E-state index contributed by atoms with van der Waals surface area (Å²) in [5.74, 6) is 2.16. The summed E-state index contributed by atoms with van der Waals surface area (Å²) in [6.45, 7) is 8.45. The first-order valence-electron chi connectivity index (χ1n) is 23.0. The minimum Gasteiger partial charge on any atom is -0.433 e. The van der Waals surface area contributed by atoms with Gasteiger partial charge in [0.2, 0.25) is 0 Å². The van der Waals surface area contributed by atoms with E-state index in [2.05, 4.69) is 40.4 Å². The van der Waals surface area contributed by atoms with Crippen LogP contribution in [0.1, 0.15) is 26.3 Å². The summed E-state index contributed by atoms with van der Waals surface area (Å²) in [6, 6.07) is 38.3. The van der Waals surface area contributed by atoms with Crippen molar-refractivity contribution in [1.29, 1.82) is 0 Å². The van der Waals surface area contributed by atoms with E-state index >= 15 is 0 Å². The van der Waals surface area contributed by atoms with Crippen molar-refractivity contribution in [1.82, 2.24) is 64.0 Å². The maximum absolute atomic E-state index is 13.3. The van der Waals surface area contributed by atoms with Crippen LogP contribution >= 0.6 is 0 Å². The Balaban J connectivity index is 0.000000169. The predicted molar refractivity (Wildman–Crippen MR) is 266 cm³/mol. The number of benzene rings is 2. The number of fused-ring (bicyclic) bond motifs is 2. The van der Waals surface area contributed by atoms with Crippen LogP contribution in [0, 0.1) is 0 Å². The molecule has 18 heteroatoms. The monoisotopic (exact) mass is 916 g/mol. The van der Waals surface area contributed by atoms with Gasteiger partial charge >= 0.3 is 7.05 Å². The Morgan fingerprint density at radius 3 is 1.58 bits per heavy atom. The SMILES string of the molecule is CB(O)Nc1cc(CN2CCN(C(=O)c3ccc(-n4c(-c5ccccn5)nc5cccnc54)cc3)CC2)ccn1.O=C(c1ccc(-n2c(-c3ccccn3)nc3cccnc32)cc1)N1CCNCC1. The predicted octanol–water partition coefficient (Wildman–Crippen LogP) is 5.89. The number of pyridine rings is 5. The summed E-state index contributed by atoms with van der Waals surface area (Å²) in [5.41, 5.74) is 8.80. The third kappa shape index (κ3) is 9.94. The Hall–Kier alpha value is -8.19. The smallest absolute Gasteiger partial charge is 0.408 e. The van der Waals surface area contributed by atoms with Gasteiger partial charge in [0.05, 0.1) is 0 Å². The van der Waals surface area contributed by atoms with Gasteiger partial charge in [-0.15, -0.1) is 0 Å². The first kappa shape index (κ1) is 44.6. The van der Waals surface area contributed by atoms with E-state index in [4.69, 9.17) is 9.97 Å². The normalized spacial score (nSPS) is 14.1. The van der Waals surface area contributed by atoms with Crippen LogP contribution in [0.5, 0.6) is 0 Å². The molecule has 69 heavy (non-hydrogen) atoms. The molecule has 17 nitrogen and oxygen atoms in total. The Labute approximate surface area is 398 Å². The number of hydrogen-bond acceptors (Lipinski definition) is 13. The molecule has 0 unspecified atom stereocenters. The van der Waals surface area contributed by atoms with Gasteiger partial charge in [-0.25, -0.2) is 24.9 Å². The topological polar surface area (TPSA) is 188 Å². The Morgan fingerprint density at radius 1 is 0.580 bits per heavy atom. The van der Waals surface area contributed by atoms with Crippen LogP contribution in [-0.4, -0.2) is 135 Å². The number of carbonyl (C=O) groups excluding carboxylic acids is 2. The molecule has 2 amide bonds. The Morgan fingerprint density at radius 2 is 1.09 bits per heavy atom. The van der Waals surface area contributed by atoms with Crippen LogP contribution in [0.25, 0.3) is 56.7 Å². The number of imidazole rings is 2. The number of nitrogens with one attached hydrogen (secondary N) is 2. The fraction of sp³-hybridized carbons (Fsp3) is 0.196. The number of anilines is 1. The first-order valence-corrected chi connectivity index (χ1v) is 23.0. The summed E-state index contributed by atoms with van der Waals surface area (Å²) in [7, 11) is -0.662. The van der Waals surface area contributed by atoms with Crippen molar-refractivity contribution in [3.05, 3.63) is 169 Å². The molecule has 2 aliphatic heterocycles. The third-order valence-corrected chi connectivity index (χ3v) is 12.0. The van der Waals surface area contributed by atoms with E-state index in [1.54, 1.807) is 37.8 Å². The quantitative estimate of drug-likeness (QED) is 0.138. The van der Waals surface area contributed by atoms with Gasteiger partial charge in [-0.05, 0) is 122 Å². The second-order valence-corrected chi connectivity index (χ2v) is 16.7. The lowest BCUT2D eigenvalue weighted by Crippen LogP contribution is -2.48. The summed E-state index contributed by atoms with van der Waals surface area (Å²) >= 11 is 0. The molecule has 0 atom stereocenters. The lowest BCUT2D eigenvalue weighted by molar-refractivity contribution is 0.0628. The van der Waals surface area contributed by atoms with Crippen LogP contribution in [0.3, 0.4) is 0 Å². The number of amides is 2. The molecule has 344 valence electrons. The molecule has 9 aromatic rings.